The molecular formula is C15H15N7O2S2. The number of hydrogen-bond donors (Lipinski definition) is 2. The Morgan fingerprint density at radius 2 is 2.19 bits per heavy atom. The van der Waals surface area contributed by atoms with Crippen LogP contribution in [0.3, 0.4) is 0 Å². The average Bonchev–Trinajstić information content (AvgIpc) is 3.19. The van der Waals surface area contributed by atoms with E-state index in [-0.39, 0.29) is 17.6 Å². The van der Waals surface area contributed by atoms with Gasteiger partial charge in [0.15, 0.2) is 5.13 Å². The zero-order valence-corrected chi connectivity index (χ0v) is 15.4. The second-order valence-electron chi connectivity index (χ2n) is 5.86. The van der Waals surface area contributed by atoms with E-state index in [0.29, 0.717) is 22.0 Å². The van der Waals surface area contributed by atoms with E-state index in [9.17, 15) is 9.59 Å². The van der Waals surface area contributed by atoms with Gasteiger partial charge in [0, 0.05) is 12.6 Å². The fourth-order valence-corrected chi connectivity index (χ4v) is 4.04. The van der Waals surface area contributed by atoms with Crippen molar-refractivity contribution in [2.24, 2.45) is 0 Å². The number of nitrogens with zero attached hydrogens (tertiary/aromatic N) is 5. The predicted molar refractivity (Wildman–Crippen MR) is 99.4 cm³/mol. The zero-order valence-electron chi connectivity index (χ0n) is 13.8. The highest BCUT2D eigenvalue weighted by atomic mass is 32.2. The first kappa shape index (κ1) is 16.9. The lowest BCUT2D eigenvalue weighted by atomic mass is 10.3. The highest BCUT2D eigenvalue weighted by Crippen LogP contribution is 2.36. The fourth-order valence-electron chi connectivity index (χ4n) is 2.37. The molecule has 134 valence electrons. The quantitative estimate of drug-likeness (QED) is 0.622. The Labute approximate surface area is 156 Å². The van der Waals surface area contributed by atoms with E-state index < -0.39 is 0 Å². The van der Waals surface area contributed by atoms with Gasteiger partial charge in [-0.2, -0.15) is 0 Å². The van der Waals surface area contributed by atoms with Crippen LogP contribution in [-0.2, 0) is 9.59 Å². The molecule has 0 unspecified atom stereocenters. The summed E-state index contributed by atoms with van der Waals surface area (Å²) < 4.78 is 2.66. The third-order valence-electron chi connectivity index (χ3n) is 3.64. The molecule has 3 aromatic rings. The Kier molecular flexibility index (Phi) is 4.55. The zero-order chi connectivity index (χ0) is 18.1. The summed E-state index contributed by atoms with van der Waals surface area (Å²) in [4.78, 5) is 27.7. The summed E-state index contributed by atoms with van der Waals surface area (Å²) in [5.41, 5.74) is 1.47. The summed E-state index contributed by atoms with van der Waals surface area (Å²) in [5, 5.41) is 18.3. The molecule has 2 aromatic heterocycles. The number of amides is 2. The van der Waals surface area contributed by atoms with E-state index in [2.05, 4.69) is 31.1 Å². The number of thioether (sulfide) groups is 1. The van der Waals surface area contributed by atoms with Crippen LogP contribution < -0.4 is 10.6 Å². The van der Waals surface area contributed by atoms with Crippen LogP contribution in [0.1, 0.15) is 25.8 Å². The van der Waals surface area contributed by atoms with E-state index in [1.54, 1.807) is 10.7 Å². The minimum atomic E-state index is -0.165. The molecule has 0 spiro atoms. The first-order chi connectivity index (χ1) is 12.6. The van der Waals surface area contributed by atoms with Crippen LogP contribution in [0.15, 0.2) is 23.4 Å². The number of aromatic nitrogens is 5. The molecule has 2 amide bonds. The van der Waals surface area contributed by atoms with Gasteiger partial charge in [-0.25, -0.2) is 9.67 Å². The van der Waals surface area contributed by atoms with Crippen LogP contribution in [-0.4, -0.2) is 42.8 Å². The Balaban J connectivity index is 1.39. The lowest BCUT2D eigenvalue weighted by Gasteiger charge is -2.02. The Morgan fingerprint density at radius 3 is 2.96 bits per heavy atom. The SMILES string of the molecule is CC(=O)Nc1ccc2nc(NC(=O)CSc3nnnn3C3CC3)sc2c1. The lowest BCUT2D eigenvalue weighted by Crippen LogP contribution is -2.14. The third-order valence-corrected chi connectivity index (χ3v) is 5.51. The molecule has 2 heterocycles. The highest BCUT2D eigenvalue weighted by molar-refractivity contribution is 7.99. The number of carbonyl (C=O) groups excluding carboxylic acids is 2. The summed E-state index contributed by atoms with van der Waals surface area (Å²) in [7, 11) is 0. The van der Waals surface area contributed by atoms with Gasteiger partial charge >= 0.3 is 0 Å². The molecule has 1 aliphatic rings. The van der Waals surface area contributed by atoms with Crippen molar-refractivity contribution < 1.29 is 9.59 Å². The van der Waals surface area contributed by atoms with Gasteiger partial charge in [0.05, 0.1) is 22.0 Å². The summed E-state index contributed by atoms with van der Waals surface area (Å²) in [6, 6.07) is 5.80. The Hall–Kier alpha value is -2.53. The van der Waals surface area contributed by atoms with Crippen molar-refractivity contribution >= 4 is 55.9 Å². The Bertz CT molecular complexity index is 979. The van der Waals surface area contributed by atoms with Crippen molar-refractivity contribution in [3.05, 3.63) is 18.2 Å². The van der Waals surface area contributed by atoms with Crippen molar-refractivity contribution in [1.82, 2.24) is 25.2 Å². The van der Waals surface area contributed by atoms with Gasteiger partial charge in [0.25, 0.3) is 0 Å². The predicted octanol–water partition coefficient (Wildman–Crippen LogP) is 2.31. The van der Waals surface area contributed by atoms with Gasteiger partial charge in [-0.15, -0.1) is 5.10 Å². The average molecular weight is 389 g/mol. The van der Waals surface area contributed by atoms with Crippen molar-refractivity contribution in [2.45, 2.75) is 31.0 Å². The van der Waals surface area contributed by atoms with Gasteiger partial charge in [-0.3, -0.25) is 9.59 Å². The standard InChI is InChI=1S/C15H15N7O2S2/c1-8(23)16-9-2-5-11-12(6-9)26-14(17-11)18-13(24)7-25-15-19-20-21-22(15)10-3-4-10/h2,5-6,10H,3-4,7H2,1H3,(H,16,23)(H,17,18,24). The Morgan fingerprint density at radius 1 is 1.35 bits per heavy atom. The van der Waals surface area contributed by atoms with E-state index in [0.717, 1.165) is 23.1 Å². The van der Waals surface area contributed by atoms with Gasteiger partial charge in [0.2, 0.25) is 17.0 Å². The molecule has 9 nitrogen and oxygen atoms in total. The molecule has 1 fully saturated rings. The number of thiazole rings is 1. The molecule has 0 saturated heterocycles. The first-order valence-corrected chi connectivity index (χ1v) is 9.77. The minimum Gasteiger partial charge on any atom is -0.326 e. The van der Waals surface area contributed by atoms with Gasteiger partial charge in [0.1, 0.15) is 0 Å². The number of anilines is 2. The second-order valence-corrected chi connectivity index (χ2v) is 7.83. The van der Waals surface area contributed by atoms with Crippen molar-refractivity contribution in [2.75, 3.05) is 16.4 Å². The van der Waals surface area contributed by atoms with Crippen molar-refractivity contribution in [3.8, 4) is 0 Å². The second kappa shape index (κ2) is 7.00. The normalized spacial score (nSPS) is 13.7. The molecule has 0 bridgehead atoms. The topological polar surface area (TPSA) is 115 Å². The molecule has 0 atom stereocenters. The molecule has 2 N–H and O–H groups in total. The van der Waals surface area contributed by atoms with Crippen LogP contribution >= 0.6 is 23.1 Å². The highest BCUT2D eigenvalue weighted by Gasteiger charge is 2.28. The summed E-state index contributed by atoms with van der Waals surface area (Å²) in [6.45, 7) is 1.46. The third kappa shape index (κ3) is 3.83. The van der Waals surface area contributed by atoms with Crippen LogP contribution in [0, 0.1) is 0 Å². The van der Waals surface area contributed by atoms with E-state index >= 15 is 0 Å². The molecule has 11 heteroatoms. The number of hydrogen-bond acceptors (Lipinski definition) is 8. The van der Waals surface area contributed by atoms with E-state index in [1.165, 1.54) is 30.0 Å². The number of fused-ring (bicyclic) bond motifs is 1. The van der Waals surface area contributed by atoms with E-state index in [1.807, 2.05) is 12.1 Å². The van der Waals surface area contributed by atoms with Gasteiger partial charge < -0.3 is 10.6 Å². The smallest absolute Gasteiger partial charge is 0.236 e. The summed E-state index contributed by atoms with van der Waals surface area (Å²) >= 11 is 2.67. The molecule has 1 aliphatic carbocycles. The molecule has 0 aliphatic heterocycles. The molecule has 4 rings (SSSR count). The lowest BCUT2D eigenvalue weighted by molar-refractivity contribution is -0.114. The molecular weight excluding hydrogens is 374 g/mol. The molecule has 0 radical (unpaired) electrons. The summed E-state index contributed by atoms with van der Waals surface area (Å²) in [6.07, 6.45) is 2.16. The number of nitrogens with one attached hydrogen (secondary N) is 2. The van der Waals surface area contributed by atoms with E-state index in [4.69, 9.17) is 0 Å². The monoisotopic (exact) mass is 389 g/mol. The van der Waals surface area contributed by atoms with Crippen LogP contribution in [0.25, 0.3) is 10.2 Å². The van der Waals surface area contributed by atoms with Crippen LogP contribution in [0.4, 0.5) is 10.8 Å². The molecule has 1 aromatic carbocycles. The summed E-state index contributed by atoms with van der Waals surface area (Å²) in [5.74, 6) is -0.0883. The van der Waals surface area contributed by atoms with Crippen LogP contribution in [0.5, 0.6) is 0 Å². The number of rotatable bonds is 6. The largest absolute Gasteiger partial charge is 0.326 e. The molecule has 26 heavy (non-hydrogen) atoms. The van der Waals surface area contributed by atoms with Crippen molar-refractivity contribution in [3.63, 3.8) is 0 Å². The van der Waals surface area contributed by atoms with Crippen molar-refractivity contribution in [1.29, 1.82) is 0 Å². The number of carbonyl (C=O) groups is 2. The maximum atomic E-state index is 12.2. The minimum absolute atomic E-state index is 0.132. The first-order valence-electron chi connectivity index (χ1n) is 7.97. The van der Waals surface area contributed by atoms with Gasteiger partial charge in [-0.1, -0.05) is 23.1 Å². The number of tetrazole rings is 1. The number of benzene rings is 1. The van der Waals surface area contributed by atoms with Gasteiger partial charge in [-0.05, 0) is 41.5 Å². The molecule has 1 saturated carbocycles. The maximum absolute atomic E-state index is 12.2. The van der Waals surface area contributed by atoms with Crippen LogP contribution in [0.2, 0.25) is 0 Å². The fraction of sp³-hybridized carbons (Fsp3) is 0.333. The maximum Gasteiger partial charge on any atom is 0.236 e.